The maximum absolute atomic E-state index is 12.1. The summed E-state index contributed by atoms with van der Waals surface area (Å²) in [5.41, 5.74) is 4.15. The second-order valence-electron chi connectivity index (χ2n) is 5.86. The molecule has 1 heterocycles. The number of anilines is 1. The van der Waals surface area contributed by atoms with E-state index in [1.807, 2.05) is 32.0 Å². The lowest BCUT2D eigenvalue weighted by Gasteiger charge is -2.09. The Morgan fingerprint density at radius 2 is 1.85 bits per heavy atom. The van der Waals surface area contributed by atoms with Crippen molar-refractivity contribution in [2.45, 2.75) is 13.8 Å². The molecule has 1 amide bonds. The van der Waals surface area contributed by atoms with Gasteiger partial charge in [-0.3, -0.25) is 4.79 Å². The highest BCUT2D eigenvalue weighted by Crippen LogP contribution is 2.15. The maximum atomic E-state index is 12.1. The van der Waals surface area contributed by atoms with Crippen molar-refractivity contribution in [3.05, 3.63) is 53.1 Å². The lowest BCUT2D eigenvalue weighted by molar-refractivity contribution is -0.121. The number of aromatic nitrogens is 3. The van der Waals surface area contributed by atoms with Crippen molar-refractivity contribution in [1.82, 2.24) is 15.2 Å². The van der Waals surface area contributed by atoms with Crippen LogP contribution >= 0.6 is 0 Å². The maximum Gasteiger partial charge on any atom is 0.337 e. The fourth-order valence-electron chi connectivity index (χ4n) is 2.60. The van der Waals surface area contributed by atoms with E-state index in [2.05, 4.69) is 15.6 Å². The van der Waals surface area contributed by atoms with Crippen LogP contribution in [0.25, 0.3) is 11.0 Å². The molecular weight excluding hydrogens is 336 g/mol. The summed E-state index contributed by atoms with van der Waals surface area (Å²) in [5.74, 6) is -0.810. The Bertz CT molecular complexity index is 960. The van der Waals surface area contributed by atoms with E-state index in [1.54, 1.807) is 18.2 Å². The van der Waals surface area contributed by atoms with Crippen molar-refractivity contribution in [2.75, 3.05) is 19.0 Å². The number of amides is 1. The highest BCUT2D eigenvalue weighted by molar-refractivity contribution is 5.93. The van der Waals surface area contributed by atoms with Gasteiger partial charge in [0.1, 0.15) is 11.0 Å². The summed E-state index contributed by atoms with van der Waals surface area (Å²) in [6, 6.07) is 10.5. The van der Waals surface area contributed by atoms with Gasteiger partial charge in [-0.2, -0.15) is 0 Å². The van der Waals surface area contributed by atoms with Gasteiger partial charge in [-0.15, -0.1) is 5.10 Å². The minimum atomic E-state index is -0.479. The number of rotatable bonds is 5. The molecule has 0 aliphatic rings. The van der Waals surface area contributed by atoms with Gasteiger partial charge in [0.2, 0.25) is 0 Å². The van der Waals surface area contributed by atoms with Crippen LogP contribution in [0.2, 0.25) is 0 Å². The van der Waals surface area contributed by atoms with Gasteiger partial charge >= 0.3 is 5.97 Å². The first-order valence-electron chi connectivity index (χ1n) is 7.91. The van der Waals surface area contributed by atoms with Crippen LogP contribution in [0, 0.1) is 13.8 Å². The molecule has 0 spiro atoms. The molecule has 1 N–H and O–H groups in total. The predicted molar refractivity (Wildman–Crippen MR) is 94.9 cm³/mol. The SMILES string of the molecule is COC(=O)c1ccc2nnn(OCC(=O)Nc3cc(C)cc(C)c3)c2c1. The standard InChI is InChI=1S/C18H18N4O4/c1-11-6-12(2)8-14(7-11)19-17(23)10-26-22-16-9-13(18(24)25-3)4-5-15(16)20-21-22/h4-9H,10H2,1-3H3,(H,19,23). The molecule has 0 aliphatic carbocycles. The smallest absolute Gasteiger partial charge is 0.337 e. The highest BCUT2D eigenvalue weighted by atomic mass is 16.7. The zero-order valence-corrected chi connectivity index (χ0v) is 14.6. The quantitative estimate of drug-likeness (QED) is 0.703. The molecule has 26 heavy (non-hydrogen) atoms. The predicted octanol–water partition coefficient (Wildman–Crippen LogP) is 1.90. The van der Waals surface area contributed by atoms with Crippen molar-refractivity contribution < 1.29 is 19.2 Å². The van der Waals surface area contributed by atoms with E-state index < -0.39 is 5.97 Å². The second-order valence-corrected chi connectivity index (χ2v) is 5.86. The summed E-state index contributed by atoms with van der Waals surface area (Å²) in [6.45, 7) is 3.66. The van der Waals surface area contributed by atoms with Crippen molar-refractivity contribution in [3.63, 3.8) is 0 Å². The summed E-state index contributed by atoms with van der Waals surface area (Å²) in [6.07, 6.45) is 0. The summed E-state index contributed by atoms with van der Waals surface area (Å²) >= 11 is 0. The number of carbonyl (C=O) groups is 2. The van der Waals surface area contributed by atoms with E-state index in [0.29, 0.717) is 22.3 Å². The van der Waals surface area contributed by atoms with Gasteiger partial charge in [0.25, 0.3) is 5.91 Å². The summed E-state index contributed by atoms with van der Waals surface area (Å²) in [7, 11) is 1.30. The van der Waals surface area contributed by atoms with Crippen LogP contribution in [-0.4, -0.2) is 40.8 Å². The molecule has 1 aromatic heterocycles. The fraction of sp³-hybridized carbons (Fsp3) is 0.222. The van der Waals surface area contributed by atoms with E-state index in [9.17, 15) is 9.59 Å². The molecule has 8 heteroatoms. The highest BCUT2D eigenvalue weighted by Gasteiger charge is 2.12. The number of nitrogens with one attached hydrogen (secondary N) is 1. The summed E-state index contributed by atoms with van der Waals surface area (Å²) in [5, 5.41) is 10.5. The normalized spacial score (nSPS) is 10.6. The topological polar surface area (TPSA) is 95.3 Å². The number of carbonyl (C=O) groups excluding carboxylic acids is 2. The van der Waals surface area contributed by atoms with Gasteiger partial charge < -0.3 is 14.9 Å². The summed E-state index contributed by atoms with van der Waals surface area (Å²) < 4.78 is 4.69. The second kappa shape index (κ2) is 7.22. The number of aryl methyl sites for hydroxylation is 2. The molecule has 0 saturated carbocycles. The zero-order valence-electron chi connectivity index (χ0n) is 14.6. The number of benzene rings is 2. The molecule has 0 saturated heterocycles. The Labute approximate surface area is 149 Å². The Morgan fingerprint density at radius 1 is 1.12 bits per heavy atom. The Kier molecular flexibility index (Phi) is 4.83. The third kappa shape index (κ3) is 3.80. The Balaban J connectivity index is 1.70. The van der Waals surface area contributed by atoms with Crippen LogP contribution in [0.5, 0.6) is 0 Å². The minimum Gasteiger partial charge on any atom is -0.465 e. The first kappa shape index (κ1) is 17.4. The molecule has 3 rings (SSSR count). The molecule has 0 atom stereocenters. The van der Waals surface area contributed by atoms with Gasteiger partial charge in [0.05, 0.1) is 12.7 Å². The molecule has 0 bridgehead atoms. The van der Waals surface area contributed by atoms with Crippen LogP contribution < -0.4 is 10.2 Å². The van der Waals surface area contributed by atoms with Crippen LogP contribution in [0.15, 0.2) is 36.4 Å². The van der Waals surface area contributed by atoms with E-state index in [0.717, 1.165) is 16.0 Å². The average Bonchev–Trinajstić information content (AvgIpc) is 3.00. The van der Waals surface area contributed by atoms with Crippen molar-refractivity contribution in [3.8, 4) is 0 Å². The number of esters is 1. The number of ether oxygens (including phenoxy) is 1. The van der Waals surface area contributed by atoms with Gasteiger partial charge in [-0.05, 0) is 60.5 Å². The average molecular weight is 354 g/mol. The largest absolute Gasteiger partial charge is 0.465 e. The lowest BCUT2D eigenvalue weighted by Crippen LogP contribution is -2.26. The van der Waals surface area contributed by atoms with Crippen LogP contribution in [0.4, 0.5) is 5.69 Å². The number of fused-ring (bicyclic) bond motifs is 1. The number of hydrogen-bond donors (Lipinski definition) is 1. The van der Waals surface area contributed by atoms with Crippen LogP contribution in [-0.2, 0) is 9.53 Å². The third-order valence-electron chi connectivity index (χ3n) is 3.66. The number of hydrogen-bond acceptors (Lipinski definition) is 6. The molecule has 0 aliphatic heterocycles. The third-order valence-corrected chi connectivity index (χ3v) is 3.66. The molecule has 0 unspecified atom stereocenters. The molecule has 2 aromatic carbocycles. The molecule has 0 fully saturated rings. The Morgan fingerprint density at radius 3 is 2.54 bits per heavy atom. The first-order valence-corrected chi connectivity index (χ1v) is 7.91. The monoisotopic (exact) mass is 354 g/mol. The number of nitrogens with zero attached hydrogens (tertiary/aromatic N) is 3. The van der Waals surface area contributed by atoms with Crippen molar-refractivity contribution >= 4 is 28.6 Å². The minimum absolute atomic E-state index is 0.256. The molecule has 134 valence electrons. The van der Waals surface area contributed by atoms with Gasteiger partial charge in [-0.1, -0.05) is 10.9 Å². The molecule has 8 nitrogen and oxygen atoms in total. The van der Waals surface area contributed by atoms with Crippen LogP contribution in [0.1, 0.15) is 21.5 Å². The molecule has 0 radical (unpaired) electrons. The van der Waals surface area contributed by atoms with E-state index in [1.165, 1.54) is 7.11 Å². The molecular formula is C18H18N4O4. The molecule has 3 aromatic rings. The first-order chi connectivity index (χ1) is 12.5. The van der Waals surface area contributed by atoms with E-state index in [-0.39, 0.29) is 12.5 Å². The van der Waals surface area contributed by atoms with Gasteiger partial charge in [0.15, 0.2) is 6.61 Å². The van der Waals surface area contributed by atoms with Gasteiger partial charge in [0, 0.05) is 5.69 Å². The fourth-order valence-corrected chi connectivity index (χ4v) is 2.60. The number of methoxy groups -OCH3 is 1. The Hall–Kier alpha value is -3.42. The van der Waals surface area contributed by atoms with Crippen molar-refractivity contribution in [1.29, 1.82) is 0 Å². The van der Waals surface area contributed by atoms with E-state index in [4.69, 9.17) is 9.57 Å². The van der Waals surface area contributed by atoms with Crippen molar-refractivity contribution in [2.24, 2.45) is 0 Å². The van der Waals surface area contributed by atoms with Crippen LogP contribution in [0.3, 0.4) is 0 Å². The van der Waals surface area contributed by atoms with Gasteiger partial charge in [-0.25, -0.2) is 4.79 Å². The summed E-state index contributed by atoms with van der Waals surface area (Å²) in [4.78, 5) is 30.3. The van der Waals surface area contributed by atoms with E-state index >= 15 is 0 Å². The zero-order chi connectivity index (χ0) is 18.7. The lowest BCUT2D eigenvalue weighted by atomic mass is 10.1.